The lowest BCUT2D eigenvalue weighted by Crippen LogP contribution is -2.35. The molecule has 26 heavy (non-hydrogen) atoms. The lowest BCUT2D eigenvalue weighted by molar-refractivity contribution is 0.138. The van der Waals surface area contributed by atoms with Crippen LogP contribution in [0.4, 0.5) is 0 Å². The van der Waals surface area contributed by atoms with E-state index in [0.717, 1.165) is 5.57 Å². The maximum absolute atomic E-state index is 10.7. The van der Waals surface area contributed by atoms with E-state index in [2.05, 4.69) is 20.3 Å². The molecule has 0 saturated heterocycles. The molecule has 0 aromatic heterocycles. The smallest absolute Gasteiger partial charge is 0.232 e. The number of guanidine groups is 1. The first kappa shape index (κ1) is 23.6. The Morgan fingerprint density at radius 1 is 0.923 bits per heavy atom. The van der Waals surface area contributed by atoms with Gasteiger partial charge in [0.15, 0.2) is 13.3 Å². The summed E-state index contributed by atoms with van der Waals surface area (Å²) in [6, 6.07) is 0. The standard InChI is InChI=1S/C15H29N7O4/c1-6-12(3)14(21(10-23)8-16-25)19-15(22(11-24)9-17-26)18-13(4)20(5)7-2/h23-24H,6-11H2,1-5H3/b14-12-,18-13+,19-15+. The van der Waals surface area contributed by atoms with Crippen LogP contribution in [0.5, 0.6) is 0 Å². The summed E-state index contributed by atoms with van der Waals surface area (Å²) in [5.74, 6) is 0.940. The summed E-state index contributed by atoms with van der Waals surface area (Å²) in [5.41, 5.74) is 0.772. The highest BCUT2D eigenvalue weighted by Crippen LogP contribution is 2.16. The van der Waals surface area contributed by atoms with E-state index in [0.29, 0.717) is 24.6 Å². The number of aliphatic hydroxyl groups is 2. The SMILES string of the molecule is CC/C(C)=C(/N=C(\N=C(/C)N(C)CC)N(CO)CN=O)N(CO)CN=O. The normalized spacial score (nSPS) is 13.2. The minimum atomic E-state index is -0.527. The van der Waals surface area contributed by atoms with Crippen LogP contribution in [0.3, 0.4) is 0 Å². The zero-order chi connectivity index (χ0) is 20.1. The van der Waals surface area contributed by atoms with Crippen molar-refractivity contribution in [3.05, 3.63) is 21.2 Å². The Kier molecular flexibility index (Phi) is 11.7. The Morgan fingerprint density at radius 3 is 1.88 bits per heavy atom. The maximum atomic E-state index is 10.7. The molecule has 0 aromatic carbocycles. The summed E-state index contributed by atoms with van der Waals surface area (Å²) in [7, 11) is 1.84. The third-order valence-electron chi connectivity index (χ3n) is 3.79. The number of allylic oxidation sites excluding steroid dienone is 1. The fourth-order valence-electron chi connectivity index (χ4n) is 1.80. The van der Waals surface area contributed by atoms with Gasteiger partial charge in [0.05, 0.1) is 0 Å². The second-order valence-corrected chi connectivity index (χ2v) is 5.45. The van der Waals surface area contributed by atoms with Crippen LogP contribution in [0, 0.1) is 9.81 Å². The van der Waals surface area contributed by atoms with Gasteiger partial charge in [0.25, 0.3) is 0 Å². The van der Waals surface area contributed by atoms with Crippen LogP contribution in [-0.4, -0.2) is 77.1 Å². The van der Waals surface area contributed by atoms with Gasteiger partial charge in [-0.2, -0.15) is 4.99 Å². The molecule has 11 heteroatoms. The molecular weight excluding hydrogens is 342 g/mol. The Bertz CT molecular complexity index is 548. The van der Waals surface area contributed by atoms with Gasteiger partial charge in [0.2, 0.25) is 5.96 Å². The molecule has 0 aliphatic carbocycles. The quantitative estimate of drug-likeness (QED) is 0.256. The molecule has 0 amide bonds. The first-order valence-electron chi connectivity index (χ1n) is 8.24. The molecule has 0 bridgehead atoms. The molecular formula is C15H29N7O4. The van der Waals surface area contributed by atoms with Gasteiger partial charge in [-0.3, -0.25) is 4.90 Å². The van der Waals surface area contributed by atoms with Gasteiger partial charge < -0.3 is 20.0 Å². The monoisotopic (exact) mass is 371 g/mol. The number of nitroso groups, excluding NO2 is 2. The average Bonchev–Trinajstić information content (AvgIpc) is 2.66. The Balaban J connectivity index is 6.30. The molecule has 0 radical (unpaired) electrons. The van der Waals surface area contributed by atoms with Crippen molar-refractivity contribution in [2.45, 2.75) is 34.1 Å². The van der Waals surface area contributed by atoms with Gasteiger partial charge in [-0.1, -0.05) is 6.92 Å². The van der Waals surface area contributed by atoms with Gasteiger partial charge in [-0.05, 0) is 43.1 Å². The van der Waals surface area contributed by atoms with E-state index in [1.54, 1.807) is 13.8 Å². The highest BCUT2D eigenvalue weighted by Gasteiger charge is 2.17. The predicted octanol–water partition coefficient (Wildman–Crippen LogP) is 1.31. The summed E-state index contributed by atoms with van der Waals surface area (Å²) in [6.07, 6.45) is 0.601. The van der Waals surface area contributed by atoms with Crippen LogP contribution >= 0.6 is 0 Å². The van der Waals surface area contributed by atoms with Crippen molar-refractivity contribution in [3.8, 4) is 0 Å². The first-order chi connectivity index (χ1) is 12.4. The van der Waals surface area contributed by atoms with Gasteiger partial charge in [-0.25, -0.2) is 4.99 Å². The molecule has 0 fully saturated rings. The molecule has 0 aliphatic rings. The molecule has 0 unspecified atom stereocenters. The van der Waals surface area contributed by atoms with Crippen LogP contribution in [0.2, 0.25) is 0 Å². The number of nitrogens with zero attached hydrogens (tertiary/aromatic N) is 7. The number of amidine groups is 1. The fourth-order valence-corrected chi connectivity index (χ4v) is 1.80. The van der Waals surface area contributed by atoms with Gasteiger partial charge in [0.1, 0.15) is 25.1 Å². The molecule has 2 N–H and O–H groups in total. The van der Waals surface area contributed by atoms with E-state index in [9.17, 15) is 20.0 Å². The number of aliphatic hydroxyl groups excluding tert-OH is 2. The van der Waals surface area contributed by atoms with Crippen molar-refractivity contribution in [2.75, 3.05) is 40.4 Å². The fraction of sp³-hybridized carbons (Fsp3) is 0.733. The average molecular weight is 371 g/mol. The number of hydrogen-bond acceptors (Lipinski definition) is 8. The number of hydrogen-bond donors (Lipinski definition) is 2. The highest BCUT2D eigenvalue weighted by atomic mass is 16.3. The summed E-state index contributed by atoms with van der Waals surface area (Å²) < 4.78 is 0. The predicted molar refractivity (Wildman–Crippen MR) is 101 cm³/mol. The second kappa shape index (κ2) is 12.9. The molecule has 0 aromatic rings. The number of rotatable bonds is 10. The Labute approximate surface area is 153 Å². The molecule has 0 aliphatic heterocycles. The third kappa shape index (κ3) is 7.23. The zero-order valence-corrected chi connectivity index (χ0v) is 16.1. The van der Waals surface area contributed by atoms with E-state index in [4.69, 9.17) is 0 Å². The maximum Gasteiger partial charge on any atom is 0.232 e. The second-order valence-electron chi connectivity index (χ2n) is 5.45. The van der Waals surface area contributed by atoms with Crippen LogP contribution in [0.25, 0.3) is 0 Å². The number of aliphatic imine (C=N–C) groups is 2. The minimum Gasteiger partial charge on any atom is -0.376 e. The topological polar surface area (TPSA) is 134 Å². The molecule has 148 valence electrons. The summed E-state index contributed by atoms with van der Waals surface area (Å²) in [4.78, 5) is 34.4. The van der Waals surface area contributed by atoms with E-state index in [1.807, 2.05) is 25.8 Å². The summed E-state index contributed by atoms with van der Waals surface area (Å²) in [6.45, 7) is 6.43. The van der Waals surface area contributed by atoms with Crippen molar-refractivity contribution in [3.63, 3.8) is 0 Å². The van der Waals surface area contributed by atoms with Crippen molar-refractivity contribution in [2.24, 2.45) is 20.3 Å². The van der Waals surface area contributed by atoms with Gasteiger partial charge in [-0.15, -0.1) is 9.81 Å². The van der Waals surface area contributed by atoms with Crippen LogP contribution in [0.1, 0.15) is 34.1 Å². The summed E-state index contributed by atoms with van der Waals surface area (Å²) in [5, 5.41) is 24.7. The third-order valence-corrected chi connectivity index (χ3v) is 3.79. The molecule has 0 spiro atoms. The molecule has 0 heterocycles. The first-order valence-corrected chi connectivity index (χ1v) is 8.24. The lowest BCUT2D eigenvalue weighted by Gasteiger charge is -2.24. The van der Waals surface area contributed by atoms with Crippen LogP contribution in [-0.2, 0) is 0 Å². The van der Waals surface area contributed by atoms with Gasteiger partial charge in [0, 0.05) is 13.6 Å². The largest absolute Gasteiger partial charge is 0.376 e. The minimum absolute atomic E-state index is 0.0389. The molecule has 0 atom stereocenters. The zero-order valence-electron chi connectivity index (χ0n) is 16.1. The Hall–Kier alpha value is -2.40. The van der Waals surface area contributed by atoms with Crippen molar-refractivity contribution < 1.29 is 10.2 Å². The van der Waals surface area contributed by atoms with Crippen molar-refractivity contribution in [1.82, 2.24) is 14.7 Å². The lowest BCUT2D eigenvalue weighted by atomic mass is 10.2. The van der Waals surface area contributed by atoms with Crippen LogP contribution in [0.15, 0.2) is 31.7 Å². The van der Waals surface area contributed by atoms with E-state index in [1.165, 1.54) is 9.80 Å². The van der Waals surface area contributed by atoms with Crippen molar-refractivity contribution in [1.29, 1.82) is 0 Å². The molecule has 11 nitrogen and oxygen atoms in total. The van der Waals surface area contributed by atoms with E-state index < -0.39 is 13.5 Å². The van der Waals surface area contributed by atoms with Crippen LogP contribution < -0.4 is 0 Å². The molecule has 0 rings (SSSR count). The van der Waals surface area contributed by atoms with E-state index >= 15 is 0 Å². The summed E-state index contributed by atoms with van der Waals surface area (Å²) >= 11 is 0. The highest BCUT2D eigenvalue weighted by molar-refractivity contribution is 5.95. The van der Waals surface area contributed by atoms with E-state index in [-0.39, 0.29) is 19.3 Å². The van der Waals surface area contributed by atoms with Gasteiger partial charge >= 0.3 is 0 Å². The van der Waals surface area contributed by atoms with Crippen molar-refractivity contribution >= 4 is 11.8 Å². The Morgan fingerprint density at radius 2 is 1.46 bits per heavy atom. The molecule has 0 saturated carbocycles.